The molecule has 1 aliphatic rings. The van der Waals surface area contributed by atoms with Crippen molar-refractivity contribution in [2.75, 3.05) is 24.2 Å². The van der Waals surface area contributed by atoms with Crippen LogP contribution in [-0.4, -0.2) is 52.3 Å². The largest absolute Gasteiger partial charge is 0.490 e. The van der Waals surface area contributed by atoms with E-state index in [1.807, 2.05) is 86.3 Å². The Labute approximate surface area is 265 Å². The van der Waals surface area contributed by atoms with Crippen LogP contribution in [0.5, 0.6) is 11.5 Å². The highest BCUT2D eigenvalue weighted by atomic mass is 19.4. The third-order valence-corrected chi connectivity index (χ3v) is 7.28. The molecule has 0 radical (unpaired) electrons. The number of nitrogens with one attached hydrogen (secondary N) is 1. The van der Waals surface area contributed by atoms with Crippen molar-refractivity contribution in [3.05, 3.63) is 90.1 Å². The topological polar surface area (TPSA) is 127 Å². The number of aliphatic carboxylic acids is 1. The molecule has 1 amide bonds. The number of carbonyl (C=O) groups is 2. The molecule has 0 bridgehead atoms. The number of amides is 1. The fourth-order valence-electron chi connectivity index (χ4n) is 5.29. The summed E-state index contributed by atoms with van der Waals surface area (Å²) in [5.74, 6) is -0.958. The summed E-state index contributed by atoms with van der Waals surface area (Å²) in [5, 5.41) is 12.5. The fourth-order valence-corrected chi connectivity index (χ4v) is 5.29. The van der Waals surface area contributed by atoms with Gasteiger partial charge in [-0.1, -0.05) is 36.4 Å². The number of ether oxygens (including phenoxy) is 2. The third-order valence-electron chi connectivity index (χ3n) is 7.28. The van der Waals surface area contributed by atoms with Crippen LogP contribution in [0.25, 0.3) is 10.8 Å². The summed E-state index contributed by atoms with van der Waals surface area (Å²) in [5.41, 5.74) is 8.87. The lowest BCUT2D eigenvalue weighted by Gasteiger charge is -2.31. The molecule has 0 spiro atoms. The number of carboxylic acid groups (broad SMARTS) is 1. The average Bonchev–Trinajstić information content (AvgIpc) is 3.51. The molecule has 1 fully saturated rings. The van der Waals surface area contributed by atoms with Crippen LogP contribution in [0.1, 0.15) is 56.8 Å². The van der Waals surface area contributed by atoms with Crippen LogP contribution in [0, 0.1) is 0 Å². The van der Waals surface area contributed by atoms with E-state index in [0.29, 0.717) is 30.5 Å². The summed E-state index contributed by atoms with van der Waals surface area (Å²) in [7, 11) is 0. The molecule has 5 rings (SSSR count). The molecule has 4 aromatic rings. The Bertz CT molecular complexity index is 1650. The number of likely N-dealkylation sites (tertiary alicyclic amines) is 1. The van der Waals surface area contributed by atoms with Gasteiger partial charge in [-0.15, -0.1) is 0 Å². The van der Waals surface area contributed by atoms with Crippen LogP contribution in [-0.2, 0) is 9.59 Å². The minimum absolute atomic E-state index is 0.00127. The van der Waals surface area contributed by atoms with Crippen LogP contribution in [0.2, 0.25) is 0 Å². The van der Waals surface area contributed by atoms with Crippen LogP contribution in [0.3, 0.4) is 0 Å². The van der Waals surface area contributed by atoms with Gasteiger partial charge in [-0.25, -0.2) is 9.78 Å². The van der Waals surface area contributed by atoms with Crippen LogP contribution in [0.15, 0.2) is 79.0 Å². The van der Waals surface area contributed by atoms with E-state index in [-0.39, 0.29) is 18.1 Å². The average molecular weight is 639 g/mol. The fraction of sp³-hybridized carbons (Fsp3) is 0.324. The smallest absolute Gasteiger partial charge is 0.490 e. The van der Waals surface area contributed by atoms with Gasteiger partial charge in [0.2, 0.25) is 5.91 Å². The summed E-state index contributed by atoms with van der Waals surface area (Å²) in [6.45, 7) is 7.11. The van der Waals surface area contributed by atoms with Crippen molar-refractivity contribution in [1.82, 2.24) is 9.88 Å². The number of anilines is 2. The molecule has 9 nitrogen and oxygen atoms in total. The van der Waals surface area contributed by atoms with Gasteiger partial charge in [-0.2, -0.15) is 13.2 Å². The number of carboxylic acids is 1. The molecule has 4 N–H and O–H groups in total. The number of rotatable bonds is 9. The highest BCUT2D eigenvalue weighted by Gasteiger charge is 2.38. The highest BCUT2D eigenvalue weighted by molar-refractivity contribution is 5.94. The van der Waals surface area contributed by atoms with Crippen molar-refractivity contribution < 1.29 is 37.3 Å². The summed E-state index contributed by atoms with van der Waals surface area (Å²) in [6.07, 6.45) is -1.48. The van der Waals surface area contributed by atoms with E-state index in [2.05, 4.69) is 22.4 Å². The molecule has 46 heavy (non-hydrogen) atoms. The van der Waals surface area contributed by atoms with E-state index < -0.39 is 18.2 Å². The van der Waals surface area contributed by atoms with Crippen molar-refractivity contribution in [3.8, 4) is 11.5 Å². The number of alkyl halides is 3. The van der Waals surface area contributed by atoms with E-state index in [4.69, 9.17) is 25.1 Å². The number of carbonyl (C=O) groups excluding carboxylic acids is 1. The minimum atomic E-state index is -5.08. The van der Waals surface area contributed by atoms with Crippen molar-refractivity contribution in [3.63, 3.8) is 0 Å². The normalized spacial score (nSPS) is 15.2. The SMILES string of the molecule is CCOc1cc(C(Nc2ccc3c(N)nccc3c2)C(=O)N2CCCC2c2ccccc2)ccc1OC(C)C.O=C(O)C(F)(F)F. The van der Waals surface area contributed by atoms with Gasteiger partial charge in [0.15, 0.2) is 11.5 Å². The van der Waals surface area contributed by atoms with Crippen LogP contribution in [0.4, 0.5) is 24.7 Å². The standard InChI is InChI=1S/C32H36N4O3.C2HF3O2/c1-4-38-29-20-24(12-15-28(29)39-21(2)3)30(35-25-13-14-26-23(19-25)16-17-34-31(26)33)32(37)36-18-8-11-27(36)22-9-6-5-7-10-22;3-2(4,5)1(6)7/h5-7,9-10,12-17,19-21,27,30,35H,4,8,11,18H2,1-3H3,(H2,33,34);(H,6,7). The summed E-state index contributed by atoms with van der Waals surface area (Å²) >= 11 is 0. The molecule has 2 unspecified atom stereocenters. The first kappa shape index (κ1) is 33.9. The Morgan fingerprint density at radius 2 is 1.78 bits per heavy atom. The first-order chi connectivity index (χ1) is 21.9. The van der Waals surface area contributed by atoms with Crippen molar-refractivity contribution >= 4 is 34.2 Å². The molecule has 1 saturated heterocycles. The number of halogens is 3. The molecule has 1 aromatic heterocycles. The van der Waals surface area contributed by atoms with Crippen molar-refractivity contribution in [1.29, 1.82) is 0 Å². The Hall–Kier alpha value is -5.00. The molecule has 1 aliphatic heterocycles. The maximum Gasteiger partial charge on any atom is 0.490 e. The molecule has 3 aromatic carbocycles. The molecular weight excluding hydrogens is 601 g/mol. The van der Waals surface area contributed by atoms with Gasteiger partial charge in [0.1, 0.15) is 11.9 Å². The van der Waals surface area contributed by atoms with Gasteiger partial charge in [0.25, 0.3) is 0 Å². The van der Waals surface area contributed by atoms with Crippen molar-refractivity contribution in [2.24, 2.45) is 0 Å². The Morgan fingerprint density at radius 1 is 1.07 bits per heavy atom. The molecule has 2 atom stereocenters. The number of fused-ring (bicyclic) bond motifs is 1. The van der Waals surface area contributed by atoms with Gasteiger partial charge >= 0.3 is 12.1 Å². The van der Waals surface area contributed by atoms with Crippen LogP contribution >= 0.6 is 0 Å². The van der Waals surface area contributed by atoms with Gasteiger partial charge in [-0.3, -0.25) is 4.79 Å². The molecule has 244 valence electrons. The first-order valence-electron chi connectivity index (χ1n) is 14.9. The second kappa shape index (κ2) is 14.9. The Morgan fingerprint density at radius 3 is 2.43 bits per heavy atom. The first-order valence-corrected chi connectivity index (χ1v) is 14.9. The van der Waals surface area contributed by atoms with Crippen LogP contribution < -0.4 is 20.5 Å². The predicted octanol–water partition coefficient (Wildman–Crippen LogP) is 7.15. The zero-order valence-corrected chi connectivity index (χ0v) is 25.8. The number of nitrogens with zero attached hydrogens (tertiary/aromatic N) is 2. The van der Waals surface area contributed by atoms with E-state index in [9.17, 15) is 18.0 Å². The number of nitrogens with two attached hydrogens (primary N) is 1. The minimum Gasteiger partial charge on any atom is -0.490 e. The molecule has 12 heteroatoms. The lowest BCUT2D eigenvalue weighted by atomic mass is 10.0. The Balaban J connectivity index is 0.000000617. The monoisotopic (exact) mass is 638 g/mol. The molecule has 0 aliphatic carbocycles. The lowest BCUT2D eigenvalue weighted by molar-refractivity contribution is -0.192. The predicted molar refractivity (Wildman–Crippen MR) is 170 cm³/mol. The number of pyridine rings is 1. The molecular formula is C34H37F3N4O5. The molecule has 0 saturated carbocycles. The number of benzene rings is 3. The molecule has 2 heterocycles. The van der Waals surface area contributed by atoms with Gasteiger partial charge < -0.3 is 30.5 Å². The lowest BCUT2D eigenvalue weighted by Crippen LogP contribution is -2.37. The number of hydrogen-bond donors (Lipinski definition) is 3. The zero-order valence-electron chi connectivity index (χ0n) is 25.8. The maximum atomic E-state index is 14.3. The van der Waals surface area contributed by atoms with E-state index in [1.54, 1.807) is 6.20 Å². The number of nitrogen functional groups attached to an aromatic ring is 1. The number of aromatic nitrogens is 1. The quantitative estimate of drug-likeness (QED) is 0.176. The van der Waals surface area contributed by atoms with E-state index in [1.165, 1.54) is 0 Å². The summed E-state index contributed by atoms with van der Waals surface area (Å²) in [4.78, 5) is 29.4. The highest BCUT2D eigenvalue weighted by Crippen LogP contribution is 2.38. The second-order valence-corrected chi connectivity index (χ2v) is 10.9. The van der Waals surface area contributed by atoms with E-state index in [0.717, 1.165) is 40.4 Å². The van der Waals surface area contributed by atoms with Gasteiger partial charge in [0.05, 0.1) is 18.8 Å². The Kier molecular flexibility index (Phi) is 10.9. The van der Waals surface area contributed by atoms with Gasteiger partial charge in [-0.05, 0) is 86.5 Å². The second-order valence-electron chi connectivity index (χ2n) is 10.9. The summed E-state index contributed by atoms with van der Waals surface area (Å²) in [6, 6.07) is 23.3. The van der Waals surface area contributed by atoms with E-state index >= 15 is 0 Å². The zero-order chi connectivity index (χ0) is 33.4. The maximum absolute atomic E-state index is 14.3. The third kappa shape index (κ3) is 8.38. The number of hydrogen-bond acceptors (Lipinski definition) is 7. The summed E-state index contributed by atoms with van der Waals surface area (Å²) < 4.78 is 43.7. The van der Waals surface area contributed by atoms with Crippen molar-refractivity contribution in [2.45, 2.75) is 58.0 Å². The van der Waals surface area contributed by atoms with Gasteiger partial charge in [0, 0.05) is 23.8 Å².